The van der Waals surface area contributed by atoms with Gasteiger partial charge in [0.05, 0.1) is 27.8 Å². The Morgan fingerprint density at radius 2 is 1.70 bits per heavy atom. The van der Waals surface area contributed by atoms with Gasteiger partial charge in [-0.1, -0.05) is 24.3 Å². The predicted octanol–water partition coefficient (Wildman–Crippen LogP) is 3.97. The van der Waals surface area contributed by atoms with Gasteiger partial charge in [-0.25, -0.2) is 4.39 Å². The van der Waals surface area contributed by atoms with E-state index < -0.39 is 0 Å². The first-order valence-corrected chi connectivity index (χ1v) is 12.1. The topological polar surface area (TPSA) is 48.1 Å². The number of piperazine rings is 1. The summed E-state index contributed by atoms with van der Waals surface area (Å²) in [6.45, 7) is 6.03. The van der Waals surface area contributed by atoms with Crippen LogP contribution in [0.1, 0.15) is 9.67 Å². The molecule has 1 N–H and O–H groups in total. The number of thiophene rings is 1. The molecular weight excluding hydrogens is 439 g/mol. The van der Waals surface area contributed by atoms with Gasteiger partial charge in [0, 0.05) is 39.3 Å². The smallest absolute Gasteiger partial charge is 0.261 e. The van der Waals surface area contributed by atoms with Crippen molar-refractivity contribution in [2.45, 2.75) is 0 Å². The minimum atomic E-state index is -0.172. The molecule has 1 aromatic heterocycles. The number of ether oxygens (including phenoxy) is 1. The van der Waals surface area contributed by atoms with Gasteiger partial charge in [-0.15, -0.1) is 11.3 Å². The first-order valence-electron chi connectivity index (χ1n) is 11.3. The molecule has 1 fully saturated rings. The van der Waals surface area contributed by atoms with Gasteiger partial charge in [0.1, 0.15) is 18.2 Å². The second-order valence-corrected chi connectivity index (χ2v) is 9.20. The molecule has 0 unspecified atom stereocenters. The Kier molecular flexibility index (Phi) is 6.46. The van der Waals surface area contributed by atoms with Gasteiger partial charge in [0.2, 0.25) is 0 Å². The van der Waals surface area contributed by atoms with Crippen molar-refractivity contribution in [3.8, 4) is 5.75 Å². The number of hydrogen-bond donors (Lipinski definition) is 1. The number of benzene rings is 2. The van der Waals surface area contributed by atoms with Crippen LogP contribution in [0.3, 0.4) is 0 Å². The average molecular weight is 467 g/mol. The van der Waals surface area contributed by atoms with E-state index >= 15 is 0 Å². The van der Waals surface area contributed by atoms with Crippen molar-refractivity contribution >= 4 is 33.6 Å². The zero-order chi connectivity index (χ0) is 22.6. The van der Waals surface area contributed by atoms with Crippen LogP contribution in [0.5, 0.6) is 5.75 Å². The molecule has 8 heteroatoms. The number of anilines is 3. The highest BCUT2D eigenvalue weighted by atomic mass is 32.1. The van der Waals surface area contributed by atoms with Crippen molar-refractivity contribution in [2.24, 2.45) is 0 Å². The Hall–Kier alpha value is -3.10. The lowest BCUT2D eigenvalue weighted by Gasteiger charge is -2.36. The van der Waals surface area contributed by atoms with Crippen molar-refractivity contribution in [1.29, 1.82) is 0 Å². The minimum Gasteiger partial charge on any atom is -0.490 e. The first-order chi connectivity index (χ1) is 16.2. The number of nitrogens with one attached hydrogen (secondary N) is 1. The number of hydrogen-bond acceptors (Lipinski definition) is 6. The minimum absolute atomic E-state index is 0.0437. The van der Waals surface area contributed by atoms with Crippen molar-refractivity contribution in [1.82, 2.24) is 10.2 Å². The van der Waals surface area contributed by atoms with E-state index in [4.69, 9.17) is 4.74 Å². The fraction of sp³-hybridized carbons (Fsp3) is 0.320. The van der Waals surface area contributed by atoms with Gasteiger partial charge >= 0.3 is 0 Å². The molecular formula is C25H27FN4O2S. The first kappa shape index (κ1) is 21.7. The average Bonchev–Trinajstić information content (AvgIpc) is 3.35. The van der Waals surface area contributed by atoms with Crippen LogP contribution in [0.25, 0.3) is 0 Å². The number of carbonyl (C=O) groups excluding carboxylic acids is 1. The summed E-state index contributed by atoms with van der Waals surface area (Å²) in [6, 6.07) is 18.8. The predicted molar refractivity (Wildman–Crippen MR) is 131 cm³/mol. The molecule has 3 aromatic rings. The zero-order valence-corrected chi connectivity index (χ0v) is 19.2. The molecule has 5 rings (SSSR count). The van der Waals surface area contributed by atoms with Crippen molar-refractivity contribution < 1.29 is 13.9 Å². The molecule has 0 aliphatic carbocycles. The molecule has 0 spiro atoms. The van der Waals surface area contributed by atoms with Crippen molar-refractivity contribution in [3.05, 3.63) is 71.4 Å². The lowest BCUT2D eigenvalue weighted by atomic mass is 10.2. The molecule has 0 bridgehead atoms. The maximum atomic E-state index is 14.0. The lowest BCUT2D eigenvalue weighted by molar-refractivity contribution is 0.0952. The van der Waals surface area contributed by atoms with Crippen LogP contribution in [0, 0.1) is 5.82 Å². The second kappa shape index (κ2) is 9.80. The molecule has 2 aliphatic heterocycles. The molecule has 3 heterocycles. The van der Waals surface area contributed by atoms with Crippen LogP contribution in [0.4, 0.5) is 20.8 Å². The number of amides is 1. The summed E-state index contributed by atoms with van der Waals surface area (Å²) in [5, 5.41) is 4.09. The van der Waals surface area contributed by atoms with Crippen LogP contribution in [0.2, 0.25) is 0 Å². The molecule has 0 radical (unpaired) electrons. The third kappa shape index (κ3) is 4.82. The second-order valence-electron chi connectivity index (χ2n) is 8.14. The number of rotatable bonds is 6. The number of para-hydroxylation sites is 3. The molecule has 2 aliphatic rings. The molecule has 33 heavy (non-hydrogen) atoms. The van der Waals surface area contributed by atoms with E-state index in [0.29, 0.717) is 23.7 Å². The van der Waals surface area contributed by atoms with Crippen molar-refractivity contribution in [2.75, 3.05) is 62.2 Å². The number of nitrogens with zero attached hydrogens (tertiary/aromatic N) is 3. The molecule has 1 amide bonds. The summed E-state index contributed by atoms with van der Waals surface area (Å²) in [7, 11) is 0. The maximum absolute atomic E-state index is 14.0. The Balaban J connectivity index is 1.11. The molecule has 2 aromatic carbocycles. The van der Waals surface area contributed by atoms with Gasteiger partial charge in [-0.05, 0) is 36.4 Å². The van der Waals surface area contributed by atoms with E-state index in [-0.39, 0.29) is 11.7 Å². The summed E-state index contributed by atoms with van der Waals surface area (Å²) in [5.41, 5.74) is 1.70. The van der Waals surface area contributed by atoms with Crippen LogP contribution < -0.4 is 19.9 Å². The lowest BCUT2D eigenvalue weighted by Crippen LogP contribution is -2.48. The highest BCUT2D eigenvalue weighted by molar-refractivity contribution is 7.18. The summed E-state index contributed by atoms with van der Waals surface area (Å²) < 4.78 is 19.7. The Morgan fingerprint density at radius 1 is 0.939 bits per heavy atom. The van der Waals surface area contributed by atoms with E-state index in [1.54, 1.807) is 6.07 Å². The molecule has 6 nitrogen and oxygen atoms in total. The van der Waals surface area contributed by atoms with Gasteiger partial charge < -0.3 is 19.9 Å². The van der Waals surface area contributed by atoms with E-state index in [0.717, 1.165) is 55.7 Å². The maximum Gasteiger partial charge on any atom is 0.261 e. The highest BCUT2D eigenvalue weighted by Gasteiger charge is 2.22. The third-order valence-corrected chi connectivity index (χ3v) is 7.20. The van der Waals surface area contributed by atoms with Gasteiger partial charge in [-0.2, -0.15) is 0 Å². The van der Waals surface area contributed by atoms with Crippen molar-refractivity contribution in [3.63, 3.8) is 0 Å². The normalized spacial score (nSPS) is 16.3. The Labute approximate surface area is 197 Å². The monoisotopic (exact) mass is 466 g/mol. The van der Waals surface area contributed by atoms with E-state index in [1.165, 1.54) is 17.4 Å². The van der Waals surface area contributed by atoms with Gasteiger partial charge in [0.25, 0.3) is 5.91 Å². The molecule has 0 saturated carbocycles. The SMILES string of the molecule is O=C(NCCN1CCN(c2ccccc2F)CC1)c1ccc(N2CCOc3ccccc32)s1. The largest absolute Gasteiger partial charge is 0.490 e. The van der Waals surface area contributed by atoms with Crippen LogP contribution in [0.15, 0.2) is 60.7 Å². The quantitative estimate of drug-likeness (QED) is 0.596. The van der Waals surface area contributed by atoms with Crippen LogP contribution >= 0.6 is 11.3 Å². The third-order valence-electron chi connectivity index (χ3n) is 6.09. The summed E-state index contributed by atoms with van der Waals surface area (Å²) in [5.74, 6) is 0.658. The Morgan fingerprint density at radius 3 is 2.52 bits per heavy atom. The van der Waals surface area contributed by atoms with E-state index in [9.17, 15) is 9.18 Å². The Bertz CT molecular complexity index is 1110. The van der Waals surface area contributed by atoms with Gasteiger partial charge in [0.15, 0.2) is 0 Å². The van der Waals surface area contributed by atoms with Crippen LogP contribution in [-0.4, -0.2) is 63.2 Å². The van der Waals surface area contributed by atoms with Crippen LogP contribution in [-0.2, 0) is 0 Å². The molecule has 0 atom stereocenters. The summed E-state index contributed by atoms with van der Waals surface area (Å²) in [4.78, 5) is 20.0. The summed E-state index contributed by atoms with van der Waals surface area (Å²) in [6.07, 6.45) is 0. The van der Waals surface area contributed by atoms with Gasteiger partial charge in [-0.3, -0.25) is 9.69 Å². The highest BCUT2D eigenvalue weighted by Crippen LogP contribution is 2.39. The fourth-order valence-electron chi connectivity index (χ4n) is 4.33. The standard InChI is InChI=1S/C25H27FN4O2S/c26-19-5-1-2-6-20(19)29-15-13-28(14-16-29)12-11-27-25(31)23-9-10-24(33-23)30-17-18-32-22-8-4-3-7-21(22)30/h1-10H,11-18H2,(H,27,31). The molecule has 1 saturated heterocycles. The fourth-order valence-corrected chi connectivity index (χ4v) is 5.29. The number of carbonyl (C=O) groups is 1. The molecule has 172 valence electrons. The van der Waals surface area contributed by atoms with E-state index in [2.05, 4.69) is 20.0 Å². The number of halogens is 1. The van der Waals surface area contributed by atoms with E-state index in [1.807, 2.05) is 48.5 Å². The number of fused-ring (bicyclic) bond motifs is 1. The zero-order valence-electron chi connectivity index (χ0n) is 18.4. The summed E-state index contributed by atoms with van der Waals surface area (Å²) >= 11 is 1.50.